The highest BCUT2D eigenvalue weighted by Gasteiger charge is 2.28. The van der Waals surface area contributed by atoms with E-state index in [9.17, 15) is 22.0 Å². The first-order chi connectivity index (χ1) is 16.1. The minimum absolute atomic E-state index is 0.00289. The van der Waals surface area contributed by atoms with Gasteiger partial charge in [-0.1, -0.05) is 47.5 Å². The summed E-state index contributed by atoms with van der Waals surface area (Å²) in [5.74, 6) is -0.556. The second kappa shape index (κ2) is 10.8. The molecule has 10 heteroatoms. The maximum Gasteiger partial charge on any atom is 0.387 e. The molecule has 6 nitrogen and oxygen atoms in total. The van der Waals surface area contributed by atoms with Crippen molar-refractivity contribution in [1.82, 2.24) is 5.32 Å². The van der Waals surface area contributed by atoms with Gasteiger partial charge in [-0.3, -0.25) is 9.10 Å². The predicted octanol–water partition coefficient (Wildman–Crippen LogP) is 5.07. The molecule has 1 amide bonds. The Morgan fingerprint density at radius 3 is 2.29 bits per heavy atom. The molecule has 3 aromatic rings. The van der Waals surface area contributed by atoms with Gasteiger partial charge in [-0.15, -0.1) is 0 Å². The van der Waals surface area contributed by atoms with Crippen LogP contribution in [0.4, 0.5) is 14.5 Å². The van der Waals surface area contributed by atoms with Crippen molar-refractivity contribution >= 4 is 33.2 Å². The number of carbonyl (C=O) groups excluding carboxylic acids is 1. The van der Waals surface area contributed by atoms with Crippen molar-refractivity contribution in [2.45, 2.75) is 31.9 Å². The molecule has 3 rings (SSSR count). The summed E-state index contributed by atoms with van der Waals surface area (Å²) in [5.41, 5.74) is 2.33. The van der Waals surface area contributed by atoms with Gasteiger partial charge < -0.3 is 10.1 Å². The highest BCUT2D eigenvalue weighted by molar-refractivity contribution is 7.92. The van der Waals surface area contributed by atoms with E-state index in [1.54, 1.807) is 37.3 Å². The number of sulfonamides is 1. The van der Waals surface area contributed by atoms with Crippen molar-refractivity contribution in [3.63, 3.8) is 0 Å². The number of nitrogens with one attached hydrogen (secondary N) is 1. The summed E-state index contributed by atoms with van der Waals surface area (Å²) in [6.07, 6.45) is 0. The number of hydrogen-bond acceptors (Lipinski definition) is 4. The van der Waals surface area contributed by atoms with Crippen LogP contribution >= 0.6 is 11.6 Å². The Hall–Kier alpha value is -3.17. The van der Waals surface area contributed by atoms with Crippen molar-refractivity contribution in [3.05, 3.63) is 88.4 Å². The number of ether oxygens (including phenoxy) is 1. The molecule has 0 aliphatic heterocycles. The van der Waals surface area contributed by atoms with Gasteiger partial charge in [0.15, 0.2) is 0 Å². The van der Waals surface area contributed by atoms with Gasteiger partial charge in [-0.05, 0) is 61.4 Å². The molecular formula is C24H23ClF2N2O4S. The standard InChI is InChI=1S/C24H23ClF2N2O4S/c1-16-6-12-20(13-7-16)34(31,32)29(22-5-3-4-21(25)17(22)2)15-23(30)28-14-18-8-10-19(11-9-18)33-24(26)27/h3-13,24H,14-15H2,1-2H3,(H,28,30). The van der Waals surface area contributed by atoms with Crippen molar-refractivity contribution in [1.29, 1.82) is 0 Å². The lowest BCUT2D eigenvalue weighted by molar-refractivity contribution is -0.119. The van der Waals surface area contributed by atoms with Crippen molar-refractivity contribution in [2.24, 2.45) is 0 Å². The van der Waals surface area contributed by atoms with E-state index < -0.39 is 29.1 Å². The molecule has 0 radical (unpaired) electrons. The van der Waals surface area contributed by atoms with Crippen LogP contribution in [-0.2, 0) is 21.4 Å². The number of nitrogens with zero attached hydrogens (tertiary/aromatic N) is 1. The van der Waals surface area contributed by atoms with Gasteiger partial charge in [-0.2, -0.15) is 8.78 Å². The number of halogens is 3. The molecule has 0 heterocycles. The average molecular weight is 509 g/mol. The first-order valence-electron chi connectivity index (χ1n) is 10.2. The summed E-state index contributed by atoms with van der Waals surface area (Å²) >= 11 is 6.22. The third-order valence-corrected chi connectivity index (χ3v) is 7.23. The van der Waals surface area contributed by atoms with E-state index in [0.717, 1.165) is 9.87 Å². The number of benzene rings is 3. The molecule has 0 aliphatic rings. The maximum absolute atomic E-state index is 13.5. The van der Waals surface area contributed by atoms with Gasteiger partial charge >= 0.3 is 6.61 Å². The van der Waals surface area contributed by atoms with Crippen LogP contribution in [0.3, 0.4) is 0 Å². The Morgan fingerprint density at radius 1 is 1.03 bits per heavy atom. The molecule has 0 saturated carbocycles. The zero-order valence-corrected chi connectivity index (χ0v) is 20.0. The van der Waals surface area contributed by atoms with Crippen molar-refractivity contribution < 1.29 is 26.7 Å². The molecule has 180 valence electrons. The number of amides is 1. The predicted molar refractivity (Wildman–Crippen MR) is 127 cm³/mol. The molecule has 0 saturated heterocycles. The van der Waals surface area contributed by atoms with E-state index in [1.807, 2.05) is 6.92 Å². The van der Waals surface area contributed by atoms with Crippen molar-refractivity contribution in [2.75, 3.05) is 10.8 Å². The van der Waals surface area contributed by atoms with Gasteiger partial charge in [0.1, 0.15) is 12.3 Å². The minimum Gasteiger partial charge on any atom is -0.435 e. The lowest BCUT2D eigenvalue weighted by Crippen LogP contribution is -2.41. The van der Waals surface area contributed by atoms with Gasteiger partial charge in [0.05, 0.1) is 10.6 Å². The molecule has 0 bridgehead atoms. The number of hydrogen-bond donors (Lipinski definition) is 1. The molecule has 1 N–H and O–H groups in total. The zero-order valence-electron chi connectivity index (χ0n) is 18.5. The maximum atomic E-state index is 13.5. The fraction of sp³-hybridized carbons (Fsp3) is 0.208. The topological polar surface area (TPSA) is 75.7 Å². The molecule has 0 aromatic heterocycles. The molecule has 0 spiro atoms. The normalized spacial score (nSPS) is 11.4. The van der Waals surface area contributed by atoms with Crippen LogP contribution in [0.2, 0.25) is 5.02 Å². The van der Waals surface area contributed by atoms with Crippen LogP contribution in [0.15, 0.2) is 71.6 Å². The fourth-order valence-electron chi connectivity index (χ4n) is 3.18. The largest absolute Gasteiger partial charge is 0.435 e. The molecule has 0 fully saturated rings. The Bertz CT molecular complexity index is 1250. The Morgan fingerprint density at radius 2 is 1.68 bits per heavy atom. The number of aryl methyl sites for hydroxylation is 1. The van der Waals surface area contributed by atoms with Gasteiger partial charge in [0.2, 0.25) is 5.91 Å². The highest BCUT2D eigenvalue weighted by atomic mass is 35.5. The van der Waals surface area contributed by atoms with E-state index in [-0.39, 0.29) is 22.9 Å². The number of alkyl halides is 2. The molecular weight excluding hydrogens is 486 g/mol. The first kappa shape index (κ1) is 25.5. The minimum atomic E-state index is -4.08. The Labute approximate surface area is 202 Å². The van der Waals surface area contributed by atoms with Gasteiger partial charge in [0, 0.05) is 11.6 Å². The highest BCUT2D eigenvalue weighted by Crippen LogP contribution is 2.31. The smallest absolute Gasteiger partial charge is 0.387 e. The van der Waals surface area contributed by atoms with Crippen LogP contribution < -0.4 is 14.4 Å². The number of carbonyl (C=O) groups is 1. The van der Waals surface area contributed by atoms with E-state index >= 15 is 0 Å². The monoisotopic (exact) mass is 508 g/mol. The summed E-state index contributed by atoms with van der Waals surface area (Å²) in [5, 5.41) is 3.03. The fourth-order valence-corrected chi connectivity index (χ4v) is 4.83. The quantitative estimate of drug-likeness (QED) is 0.438. The molecule has 0 atom stereocenters. The van der Waals surface area contributed by atoms with Gasteiger partial charge in [0.25, 0.3) is 10.0 Å². The van der Waals surface area contributed by atoms with E-state index in [4.69, 9.17) is 11.6 Å². The van der Waals surface area contributed by atoms with E-state index in [2.05, 4.69) is 10.1 Å². The van der Waals surface area contributed by atoms with Crippen LogP contribution in [0, 0.1) is 13.8 Å². The Kier molecular flexibility index (Phi) is 8.11. The van der Waals surface area contributed by atoms with Crippen LogP contribution in [-0.4, -0.2) is 27.5 Å². The molecule has 34 heavy (non-hydrogen) atoms. The lowest BCUT2D eigenvalue weighted by atomic mass is 10.2. The third kappa shape index (κ3) is 6.24. The second-order valence-corrected chi connectivity index (χ2v) is 9.78. The summed E-state index contributed by atoms with van der Waals surface area (Å²) in [7, 11) is -4.08. The second-order valence-electron chi connectivity index (χ2n) is 7.51. The Balaban J connectivity index is 1.82. The molecule has 0 unspecified atom stereocenters. The molecule has 3 aromatic carbocycles. The summed E-state index contributed by atoms with van der Waals surface area (Å²) < 4.78 is 56.8. The lowest BCUT2D eigenvalue weighted by Gasteiger charge is -2.26. The van der Waals surface area contributed by atoms with Crippen molar-refractivity contribution in [3.8, 4) is 5.75 Å². The summed E-state index contributed by atoms with van der Waals surface area (Å²) in [6.45, 7) is 0.178. The SMILES string of the molecule is Cc1ccc(S(=O)(=O)N(CC(=O)NCc2ccc(OC(F)F)cc2)c2cccc(Cl)c2C)cc1. The number of anilines is 1. The average Bonchev–Trinajstić information content (AvgIpc) is 2.79. The number of rotatable bonds is 9. The van der Waals surface area contributed by atoms with E-state index in [1.165, 1.54) is 36.4 Å². The molecule has 0 aliphatic carbocycles. The van der Waals surface area contributed by atoms with Crippen LogP contribution in [0.25, 0.3) is 0 Å². The zero-order chi connectivity index (χ0) is 24.9. The summed E-state index contributed by atoms with van der Waals surface area (Å²) in [6, 6.07) is 16.9. The first-order valence-corrected chi connectivity index (χ1v) is 12.0. The summed E-state index contributed by atoms with van der Waals surface area (Å²) in [4.78, 5) is 12.8. The third-order valence-electron chi connectivity index (χ3n) is 5.04. The van der Waals surface area contributed by atoms with E-state index in [0.29, 0.717) is 16.1 Å². The van der Waals surface area contributed by atoms with Gasteiger partial charge in [-0.25, -0.2) is 8.42 Å². The van der Waals surface area contributed by atoms with Crippen LogP contribution in [0.1, 0.15) is 16.7 Å². The van der Waals surface area contributed by atoms with Crippen LogP contribution in [0.5, 0.6) is 5.75 Å².